The Morgan fingerprint density at radius 3 is 2.85 bits per heavy atom. The lowest BCUT2D eigenvalue weighted by Gasteiger charge is -2.29. The molecule has 0 spiro atoms. The fourth-order valence-corrected chi connectivity index (χ4v) is 4.06. The summed E-state index contributed by atoms with van der Waals surface area (Å²) < 4.78 is 24.9. The molecule has 33 heavy (non-hydrogen) atoms. The van der Waals surface area contributed by atoms with Crippen LogP contribution < -0.4 is 30.3 Å². The number of benzene rings is 1. The molecule has 11 heteroatoms. The average Bonchev–Trinajstić information content (AvgIpc) is 3.28. The van der Waals surface area contributed by atoms with Gasteiger partial charge < -0.3 is 20.1 Å². The summed E-state index contributed by atoms with van der Waals surface area (Å²) in [5, 5.41) is 8.96. The number of amides is 3. The number of urea groups is 1. The highest BCUT2D eigenvalue weighted by atomic mass is 32.1. The molecule has 1 aliphatic rings. The number of rotatable bonds is 7. The minimum Gasteiger partial charge on any atom is -0.487 e. The smallest absolute Gasteiger partial charge is 0.320 e. The first-order chi connectivity index (χ1) is 16.0. The molecule has 0 saturated carbocycles. The molecule has 4 rings (SSSR count). The number of methoxy groups -OCH3 is 1. The summed E-state index contributed by atoms with van der Waals surface area (Å²) >= 11 is 1.53. The summed E-state index contributed by atoms with van der Waals surface area (Å²) in [6.45, 7) is 0.418. The number of pyridine rings is 1. The maximum Gasteiger partial charge on any atom is 0.320 e. The summed E-state index contributed by atoms with van der Waals surface area (Å²) in [5.74, 6) is -0.310. The van der Waals surface area contributed by atoms with E-state index in [1.807, 2.05) is 12.1 Å². The van der Waals surface area contributed by atoms with Gasteiger partial charge in [0, 0.05) is 24.5 Å². The van der Waals surface area contributed by atoms with Crippen molar-refractivity contribution in [1.29, 1.82) is 0 Å². The van der Waals surface area contributed by atoms with Crippen LogP contribution in [-0.4, -0.2) is 44.4 Å². The van der Waals surface area contributed by atoms with Crippen LogP contribution in [0, 0.1) is 5.82 Å². The van der Waals surface area contributed by atoms with Crippen LogP contribution in [-0.2, 0) is 6.42 Å². The molecule has 0 bridgehead atoms. The maximum absolute atomic E-state index is 14.1. The van der Waals surface area contributed by atoms with Crippen molar-refractivity contribution in [3.05, 3.63) is 58.9 Å². The number of carbonyl (C=O) groups is 2. The normalized spacial score (nSPS) is 12.6. The van der Waals surface area contributed by atoms with Gasteiger partial charge in [-0.15, -0.1) is 11.3 Å². The second-order valence-electron chi connectivity index (χ2n) is 7.04. The number of nitrogens with one attached hydrogen (secondary N) is 3. The zero-order chi connectivity index (χ0) is 23.4. The van der Waals surface area contributed by atoms with Gasteiger partial charge in [0.2, 0.25) is 0 Å². The number of hydrogen-bond acceptors (Lipinski definition) is 7. The molecule has 0 aliphatic carbocycles. The van der Waals surface area contributed by atoms with E-state index in [4.69, 9.17) is 9.47 Å². The first-order valence-corrected chi connectivity index (χ1v) is 10.9. The zero-order valence-corrected chi connectivity index (χ0v) is 18.8. The van der Waals surface area contributed by atoms with E-state index in [2.05, 4.69) is 20.9 Å². The number of halogens is 1. The highest BCUT2D eigenvalue weighted by Crippen LogP contribution is 2.32. The lowest BCUT2D eigenvalue weighted by Crippen LogP contribution is -2.39. The number of fused-ring (bicyclic) bond motifs is 1. The molecule has 0 unspecified atom stereocenters. The van der Waals surface area contributed by atoms with Crippen LogP contribution in [0.15, 0.2) is 42.6 Å². The van der Waals surface area contributed by atoms with Crippen molar-refractivity contribution in [2.75, 3.05) is 43.0 Å². The minimum atomic E-state index is -0.544. The van der Waals surface area contributed by atoms with E-state index >= 15 is 0 Å². The van der Waals surface area contributed by atoms with Crippen molar-refractivity contribution in [3.63, 3.8) is 0 Å². The molecule has 3 heterocycles. The first kappa shape index (κ1) is 22.3. The van der Waals surface area contributed by atoms with Crippen molar-refractivity contribution in [3.8, 4) is 10.8 Å². The number of aromatic nitrogens is 1. The Balaban J connectivity index is 1.33. The Bertz CT molecular complexity index is 1170. The SMILES string of the molecule is CNc1cc2c(cc1F)C(=O)N(c1ccc(NC(=O)NCCc3ccc(OC)s3)nc1)CO2. The minimum absolute atomic E-state index is 0.0386. The van der Waals surface area contributed by atoms with Gasteiger partial charge >= 0.3 is 6.03 Å². The van der Waals surface area contributed by atoms with Crippen LogP contribution in [0.2, 0.25) is 0 Å². The average molecular weight is 472 g/mol. The summed E-state index contributed by atoms with van der Waals surface area (Å²) in [5.41, 5.74) is 0.838. The molecule has 0 atom stereocenters. The van der Waals surface area contributed by atoms with Crippen molar-refractivity contribution >= 4 is 40.5 Å². The van der Waals surface area contributed by atoms with Crippen LogP contribution in [0.4, 0.5) is 26.4 Å². The van der Waals surface area contributed by atoms with E-state index < -0.39 is 11.7 Å². The Morgan fingerprint density at radius 1 is 1.30 bits per heavy atom. The van der Waals surface area contributed by atoms with Crippen LogP contribution in [0.25, 0.3) is 0 Å². The molecule has 9 nitrogen and oxygen atoms in total. The highest BCUT2D eigenvalue weighted by Gasteiger charge is 2.28. The Kier molecular flexibility index (Phi) is 6.59. The molecule has 3 N–H and O–H groups in total. The Labute approximate surface area is 193 Å². The van der Waals surface area contributed by atoms with Crippen molar-refractivity contribution < 1.29 is 23.5 Å². The lowest BCUT2D eigenvalue weighted by atomic mass is 10.1. The third-order valence-corrected chi connectivity index (χ3v) is 6.07. The number of hydrogen-bond donors (Lipinski definition) is 3. The fourth-order valence-electron chi connectivity index (χ4n) is 3.24. The monoisotopic (exact) mass is 471 g/mol. The van der Waals surface area contributed by atoms with E-state index in [9.17, 15) is 14.0 Å². The van der Waals surface area contributed by atoms with Gasteiger partial charge in [-0.25, -0.2) is 14.2 Å². The van der Waals surface area contributed by atoms with Crippen LogP contribution >= 0.6 is 11.3 Å². The quantitative estimate of drug-likeness (QED) is 0.486. The second kappa shape index (κ2) is 9.74. The second-order valence-corrected chi connectivity index (χ2v) is 8.17. The molecule has 0 radical (unpaired) electrons. The summed E-state index contributed by atoms with van der Waals surface area (Å²) in [4.78, 5) is 31.6. The molecule has 3 amide bonds. The van der Waals surface area contributed by atoms with Gasteiger partial charge in [-0.3, -0.25) is 15.0 Å². The number of nitrogens with zero attached hydrogens (tertiary/aromatic N) is 2. The van der Waals surface area contributed by atoms with E-state index in [0.717, 1.165) is 16.0 Å². The topological polar surface area (TPSA) is 105 Å². The van der Waals surface area contributed by atoms with Gasteiger partial charge in [-0.2, -0.15) is 0 Å². The standard InChI is InChI=1S/C22H22FN5O4S/c1-24-17-10-18-15(9-16(17)23)21(29)28(12-32-18)13-3-5-19(26-11-13)27-22(30)25-8-7-14-4-6-20(31-2)33-14/h3-6,9-11,24H,7-8,12H2,1-2H3,(H2,25,26,27,30). The highest BCUT2D eigenvalue weighted by molar-refractivity contribution is 7.13. The predicted octanol–water partition coefficient (Wildman–Crippen LogP) is 3.69. The third-order valence-electron chi connectivity index (χ3n) is 4.96. The third kappa shape index (κ3) is 4.98. The van der Waals surface area contributed by atoms with Gasteiger partial charge in [0.05, 0.1) is 30.2 Å². The molecule has 2 aromatic heterocycles. The molecular formula is C22H22FN5O4S. The van der Waals surface area contributed by atoms with E-state index in [-0.39, 0.29) is 24.0 Å². The summed E-state index contributed by atoms with van der Waals surface area (Å²) in [6.07, 6.45) is 2.13. The number of ether oxygens (including phenoxy) is 2. The summed E-state index contributed by atoms with van der Waals surface area (Å²) in [7, 11) is 3.21. The summed E-state index contributed by atoms with van der Waals surface area (Å²) in [6, 6.07) is 9.27. The Morgan fingerprint density at radius 2 is 2.15 bits per heavy atom. The molecule has 172 valence electrons. The molecule has 1 aliphatic heterocycles. The molecule has 3 aromatic rings. The van der Waals surface area contributed by atoms with Crippen molar-refractivity contribution in [1.82, 2.24) is 10.3 Å². The predicted molar refractivity (Wildman–Crippen MR) is 124 cm³/mol. The van der Waals surface area contributed by atoms with Gasteiger partial charge in [0.15, 0.2) is 11.8 Å². The largest absolute Gasteiger partial charge is 0.487 e. The zero-order valence-electron chi connectivity index (χ0n) is 18.0. The van der Waals surface area contributed by atoms with Crippen molar-refractivity contribution in [2.45, 2.75) is 6.42 Å². The van der Waals surface area contributed by atoms with Crippen LogP contribution in [0.1, 0.15) is 15.2 Å². The van der Waals surface area contributed by atoms with E-state index in [1.54, 1.807) is 26.3 Å². The molecule has 0 fully saturated rings. The molecule has 0 saturated heterocycles. The first-order valence-electron chi connectivity index (χ1n) is 10.1. The van der Waals surface area contributed by atoms with Crippen LogP contribution in [0.3, 0.4) is 0 Å². The van der Waals surface area contributed by atoms with Gasteiger partial charge in [0.1, 0.15) is 17.4 Å². The van der Waals surface area contributed by atoms with Crippen LogP contribution in [0.5, 0.6) is 10.8 Å². The van der Waals surface area contributed by atoms with Crippen molar-refractivity contribution in [2.24, 2.45) is 0 Å². The van der Waals surface area contributed by atoms with E-state index in [1.165, 1.54) is 28.5 Å². The number of carbonyl (C=O) groups excluding carboxylic acids is 2. The molecule has 1 aromatic carbocycles. The van der Waals surface area contributed by atoms with Gasteiger partial charge in [0.25, 0.3) is 5.91 Å². The van der Waals surface area contributed by atoms with Gasteiger partial charge in [-0.05, 0) is 36.8 Å². The number of thiophene rings is 1. The van der Waals surface area contributed by atoms with Gasteiger partial charge in [-0.1, -0.05) is 0 Å². The molecular weight excluding hydrogens is 449 g/mol. The number of anilines is 3. The van der Waals surface area contributed by atoms with E-state index in [0.29, 0.717) is 30.2 Å². The Hall–Kier alpha value is -3.86. The fraction of sp³-hybridized carbons (Fsp3) is 0.227. The lowest BCUT2D eigenvalue weighted by molar-refractivity contribution is 0.0936. The maximum atomic E-state index is 14.1.